The summed E-state index contributed by atoms with van der Waals surface area (Å²) in [6.45, 7) is 2.63. The molecule has 1 aromatic carbocycles. The molecule has 7 heteroatoms. The summed E-state index contributed by atoms with van der Waals surface area (Å²) in [5.41, 5.74) is -1.61. The smallest absolute Gasteiger partial charge is 0.343 e. The van der Waals surface area contributed by atoms with Crippen molar-refractivity contribution < 1.29 is 27.8 Å². The second-order valence-corrected chi connectivity index (χ2v) is 5.15. The summed E-state index contributed by atoms with van der Waals surface area (Å²) in [5, 5.41) is 10.2. The molecule has 0 bridgehead atoms. The Morgan fingerprint density at radius 2 is 2.04 bits per heavy atom. The van der Waals surface area contributed by atoms with Crippen LogP contribution in [0.1, 0.15) is 30.9 Å². The first-order valence-corrected chi connectivity index (χ1v) is 7.14. The van der Waals surface area contributed by atoms with E-state index in [1.165, 1.54) is 0 Å². The second kappa shape index (κ2) is 6.85. The summed E-state index contributed by atoms with van der Waals surface area (Å²) in [4.78, 5) is 16.0. The number of carbonyl (C=O) groups excluding carboxylic acids is 1. The van der Waals surface area contributed by atoms with E-state index in [1.807, 2.05) is 0 Å². The quantitative estimate of drug-likeness (QED) is 0.296. The van der Waals surface area contributed by atoms with Crippen molar-refractivity contribution >= 4 is 17.9 Å². The van der Waals surface area contributed by atoms with Crippen molar-refractivity contribution in [3.05, 3.63) is 40.2 Å². The number of nitrogens with zero attached hydrogens (tertiary/aromatic N) is 1. The minimum Gasteiger partial charge on any atom is -0.506 e. The molecule has 0 spiro atoms. The molecule has 1 N–H and O–H groups in total. The van der Waals surface area contributed by atoms with Crippen molar-refractivity contribution in [2.45, 2.75) is 32.7 Å². The first-order chi connectivity index (χ1) is 10.9. The Morgan fingerprint density at radius 3 is 2.61 bits per heavy atom. The molecule has 0 atom stereocenters. The Kier molecular flexibility index (Phi) is 5.08. The maximum Gasteiger partial charge on any atom is 0.343 e. The molecule has 124 valence electrons. The summed E-state index contributed by atoms with van der Waals surface area (Å²) in [5.74, 6) is -5.58. The van der Waals surface area contributed by atoms with Gasteiger partial charge in [-0.15, -0.1) is 0 Å². The van der Waals surface area contributed by atoms with E-state index in [0.717, 1.165) is 26.0 Å². The van der Waals surface area contributed by atoms with Crippen molar-refractivity contribution in [1.82, 2.24) is 0 Å². The lowest BCUT2D eigenvalue weighted by molar-refractivity contribution is -0.137. The van der Waals surface area contributed by atoms with E-state index in [0.29, 0.717) is 6.07 Å². The van der Waals surface area contributed by atoms with E-state index in [4.69, 9.17) is 4.74 Å². The van der Waals surface area contributed by atoms with Gasteiger partial charge in [0.1, 0.15) is 17.1 Å². The molecular weight excluding hydrogens is 311 g/mol. The van der Waals surface area contributed by atoms with Gasteiger partial charge < -0.3 is 9.84 Å². The number of benzene rings is 1. The van der Waals surface area contributed by atoms with Gasteiger partial charge in [0.2, 0.25) is 0 Å². The average molecular weight is 327 g/mol. The number of aliphatic hydroxyl groups is 1. The van der Waals surface area contributed by atoms with Gasteiger partial charge in [0.15, 0.2) is 11.6 Å². The van der Waals surface area contributed by atoms with Crippen LogP contribution in [0.4, 0.5) is 13.2 Å². The summed E-state index contributed by atoms with van der Waals surface area (Å²) >= 11 is 0. The number of aliphatic imine (C=N–C) groups is 1. The fraction of sp³-hybridized carbons (Fsp3) is 0.375. The predicted molar refractivity (Wildman–Crippen MR) is 78.7 cm³/mol. The van der Waals surface area contributed by atoms with Crippen molar-refractivity contribution in [1.29, 1.82) is 0 Å². The third-order valence-electron chi connectivity index (χ3n) is 3.34. The SMILES string of the molecule is CCOC(=O)C(C=NC1CC1)=C(O)c1cc(F)c(F)c(C)c1F. The van der Waals surface area contributed by atoms with Crippen LogP contribution in [0, 0.1) is 24.4 Å². The maximum atomic E-state index is 14.1. The van der Waals surface area contributed by atoms with Gasteiger partial charge in [-0.3, -0.25) is 4.99 Å². The number of carbonyl (C=O) groups is 1. The van der Waals surface area contributed by atoms with Gasteiger partial charge in [-0.1, -0.05) is 0 Å². The minimum absolute atomic E-state index is 0.0339. The van der Waals surface area contributed by atoms with Gasteiger partial charge in [0.25, 0.3) is 0 Å². The third kappa shape index (κ3) is 3.72. The molecule has 0 saturated heterocycles. The lowest BCUT2D eigenvalue weighted by Gasteiger charge is -2.10. The number of halogens is 3. The Labute approximate surface area is 131 Å². The standard InChI is InChI=1S/C16H16F3NO3/c1-3-23-16(22)11(7-20-9-4-5-9)15(21)10-6-12(17)14(19)8(2)13(10)18/h6-7,9,21H,3-5H2,1-2H3. The van der Waals surface area contributed by atoms with Gasteiger partial charge in [0, 0.05) is 11.8 Å². The first kappa shape index (κ1) is 17.1. The van der Waals surface area contributed by atoms with E-state index in [1.54, 1.807) is 6.92 Å². The fourth-order valence-corrected chi connectivity index (χ4v) is 1.87. The molecule has 1 fully saturated rings. The van der Waals surface area contributed by atoms with Gasteiger partial charge in [-0.05, 0) is 32.8 Å². The normalized spacial score (nSPS) is 15.7. The van der Waals surface area contributed by atoms with Gasteiger partial charge >= 0.3 is 5.97 Å². The zero-order valence-electron chi connectivity index (χ0n) is 12.7. The Bertz CT molecular complexity index is 694. The third-order valence-corrected chi connectivity index (χ3v) is 3.34. The zero-order chi connectivity index (χ0) is 17.1. The molecule has 0 aliphatic heterocycles. The van der Waals surface area contributed by atoms with E-state index in [9.17, 15) is 23.1 Å². The molecule has 1 aromatic rings. The fourth-order valence-electron chi connectivity index (χ4n) is 1.87. The number of hydrogen-bond donors (Lipinski definition) is 1. The molecule has 0 amide bonds. The summed E-state index contributed by atoms with van der Waals surface area (Å²) < 4.78 is 45.7. The van der Waals surface area contributed by atoms with Gasteiger partial charge in [-0.25, -0.2) is 18.0 Å². The van der Waals surface area contributed by atoms with E-state index in [2.05, 4.69) is 4.99 Å². The number of esters is 1. The molecule has 23 heavy (non-hydrogen) atoms. The van der Waals surface area contributed by atoms with Crippen LogP contribution in [0.25, 0.3) is 5.76 Å². The van der Waals surface area contributed by atoms with E-state index < -0.39 is 45.9 Å². The van der Waals surface area contributed by atoms with Crippen LogP contribution in [0.15, 0.2) is 16.6 Å². The van der Waals surface area contributed by atoms with Gasteiger partial charge in [0.05, 0.1) is 18.2 Å². The maximum absolute atomic E-state index is 14.1. The summed E-state index contributed by atoms with van der Waals surface area (Å²) in [6, 6.07) is 0.542. The summed E-state index contributed by atoms with van der Waals surface area (Å²) in [7, 11) is 0. The monoisotopic (exact) mass is 327 g/mol. The molecule has 4 nitrogen and oxygen atoms in total. The average Bonchev–Trinajstić information content (AvgIpc) is 3.33. The molecule has 0 aromatic heterocycles. The largest absolute Gasteiger partial charge is 0.506 e. The van der Waals surface area contributed by atoms with Crippen LogP contribution in [-0.2, 0) is 9.53 Å². The Morgan fingerprint density at radius 1 is 1.39 bits per heavy atom. The number of aliphatic hydroxyl groups excluding tert-OH is 1. The summed E-state index contributed by atoms with van der Waals surface area (Å²) in [6.07, 6.45) is 2.79. The van der Waals surface area contributed by atoms with Gasteiger partial charge in [-0.2, -0.15) is 0 Å². The topological polar surface area (TPSA) is 58.9 Å². The molecule has 2 rings (SSSR count). The first-order valence-electron chi connectivity index (χ1n) is 7.14. The molecule has 0 heterocycles. The Hall–Kier alpha value is -2.31. The molecule has 0 unspecified atom stereocenters. The highest BCUT2D eigenvalue weighted by atomic mass is 19.2. The second-order valence-electron chi connectivity index (χ2n) is 5.15. The Balaban J connectivity index is 2.54. The highest BCUT2D eigenvalue weighted by Gasteiger charge is 2.25. The lowest BCUT2D eigenvalue weighted by atomic mass is 10.0. The van der Waals surface area contributed by atoms with Crippen molar-refractivity contribution in [2.75, 3.05) is 6.61 Å². The van der Waals surface area contributed by atoms with Crippen LogP contribution in [0.5, 0.6) is 0 Å². The van der Waals surface area contributed by atoms with Crippen LogP contribution in [-0.4, -0.2) is 29.9 Å². The highest BCUT2D eigenvalue weighted by molar-refractivity contribution is 6.15. The number of hydrogen-bond acceptors (Lipinski definition) is 4. The molecule has 1 saturated carbocycles. The molecule has 0 radical (unpaired) electrons. The van der Waals surface area contributed by atoms with Crippen molar-refractivity contribution in [3.8, 4) is 0 Å². The molecule has 1 aliphatic carbocycles. The van der Waals surface area contributed by atoms with E-state index in [-0.39, 0.29) is 12.6 Å². The molecule has 1 aliphatic rings. The van der Waals surface area contributed by atoms with Crippen molar-refractivity contribution in [3.63, 3.8) is 0 Å². The number of rotatable bonds is 5. The van der Waals surface area contributed by atoms with E-state index >= 15 is 0 Å². The predicted octanol–water partition coefficient (Wildman–Crippen LogP) is 3.48. The van der Waals surface area contributed by atoms with Crippen LogP contribution in [0.2, 0.25) is 0 Å². The molecular formula is C16H16F3NO3. The van der Waals surface area contributed by atoms with Crippen LogP contribution < -0.4 is 0 Å². The van der Waals surface area contributed by atoms with Crippen LogP contribution >= 0.6 is 0 Å². The zero-order valence-corrected chi connectivity index (χ0v) is 12.7. The minimum atomic E-state index is -1.34. The lowest BCUT2D eigenvalue weighted by Crippen LogP contribution is -2.13. The highest BCUT2D eigenvalue weighted by Crippen LogP contribution is 2.27. The van der Waals surface area contributed by atoms with Crippen molar-refractivity contribution in [2.24, 2.45) is 4.99 Å². The van der Waals surface area contributed by atoms with Crippen LogP contribution in [0.3, 0.4) is 0 Å². The number of ether oxygens (including phenoxy) is 1.